The minimum absolute atomic E-state index is 0.0651. The van der Waals surface area contributed by atoms with Gasteiger partial charge in [-0.3, -0.25) is 4.79 Å². The summed E-state index contributed by atoms with van der Waals surface area (Å²) in [6.07, 6.45) is 1.64. The second-order valence-corrected chi connectivity index (χ2v) is 4.48. The van der Waals surface area contributed by atoms with Gasteiger partial charge in [-0.2, -0.15) is 0 Å². The average Bonchev–Trinajstić information content (AvgIpc) is 2.67. The number of nitrogens with two attached hydrogens (primary N) is 1. The van der Waals surface area contributed by atoms with Crippen molar-refractivity contribution in [2.24, 2.45) is 5.73 Å². The van der Waals surface area contributed by atoms with E-state index in [0.29, 0.717) is 6.42 Å². The van der Waals surface area contributed by atoms with Gasteiger partial charge in [-0.05, 0) is 6.42 Å². The maximum atomic E-state index is 11.9. The molecule has 98 valence electrons. The maximum Gasteiger partial charge on any atom is 0.326 e. The Kier molecular flexibility index (Phi) is 4.89. The molecule has 6 heteroatoms. The van der Waals surface area contributed by atoms with Gasteiger partial charge in [0.15, 0.2) is 0 Å². The fourth-order valence-corrected chi connectivity index (χ4v) is 2.05. The lowest BCUT2D eigenvalue weighted by atomic mass is 10.1. The first-order valence-corrected chi connectivity index (χ1v) is 5.94. The number of carbonyl (C=O) groups is 2. The van der Waals surface area contributed by atoms with Crippen LogP contribution in [0.3, 0.4) is 0 Å². The summed E-state index contributed by atoms with van der Waals surface area (Å²) in [6.45, 7) is 2.06. The molecule has 0 aromatic rings. The number of likely N-dealkylation sites (tertiary alicyclic amines) is 1. The van der Waals surface area contributed by atoms with Crippen LogP contribution in [0.25, 0.3) is 0 Å². The van der Waals surface area contributed by atoms with E-state index in [-0.39, 0.29) is 18.9 Å². The topological polar surface area (TPSA) is 104 Å². The molecule has 0 saturated carbocycles. The SMILES string of the molecule is CCCC[C@H](N)C(=O)N1C[C@H](O)C[C@H]1C(=O)O. The lowest BCUT2D eigenvalue weighted by molar-refractivity contribution is -0.148. The van der Waals surface area contributed by atoms with E-state index in [0.717, 1.165) is 12.8 Å². The van der Waals surface area contributed by atoms with Gasteiger partial charge in [0.05, 0.1) is 12.1 Å². The minimum Gasteiger partial charge on any atom is -0.480 e. The molecule has 0 aromatic heterocycles. The molecule has 1 rings (SSSR count). The van der Waals surface area contributed by atoms with Crippen molar-refractivity contribution in [3.05, 3.63) is 0 Å². The van der Waals surface area contributed by atoms with Crippen molar-refractivity contribution >= 4 is 11.9 Å². The van der Waals surface area contributed by atoms with Crippen LogP contribution in [0.2, 0.25) is 0 Å². The fourth-order valence-electron chi connectivity index (χ4n) is 2.05. The van der Waals surface area contributed by atoms with Gasteiger partial charge in [0.25, 0.3) is 0 Å². The van der Waals surface area contributed by atoms with Crippen molar-refractivity contribution in [2.75, 3.05) is 6.54 Å². The number of aliphatic hydroxyl groups is 1. The second-order valence-electron chi connectivity index (χ2n) is 4.48. The molecule has 0 aromatic carbocycles. The lowest BCUT2D eigenvalue weighted by Gasteiger charge is -2.24. The van der Waals surface area contributed by atoms with E-state index in [1.165, 1.54) is 4.90 Å². The third-order valence-electron chi connectivity index (χ3n) is 3.03. The van der Waals surface area contributed by atoms with E-state index in [9.17, 15) is 14.7 Å². The average molecular weight is 244 g/mol. The quantitative estimate of drug-likeness (QED) is 0.607. The Morgan fingerprint density at radius 2 is 2.18 bits per heavy atom. The van der Waals surface area contributed by atoms with E-state index in [1.54, 1.807) is 0 Å². The predicted octanol–water partition coefficient (Wildman–Crippen LogP) is -0.450. The first-order valence-electron chi connectivity index (χ1n) is 5.94. The van der Waals surface area contributed by atoms with Gasteiger partial charge in [0.2, 0.25) is 5.91 Å². The molecule has 1 amide bonds. The zero-order valence-electron chi connectivity index (χ0n) is 10.0. The van der Waals surface area contributed by atoms with Crippen molar-refractivity contribution in [1.29, 1.82) is 0 Å². The van der Waals surface area contributed by atoms with Crippen molar-refractivity contribution in [2.45, 2.75) is 50.8 Å². The van der Waals surface area contributed by atoms with Crippen LogP contribution >= 0.6 is 0 Å². The van der Waals surface area contributed by atoms with Crippen molar-refractivity contribution < 1.29 is 19.8 Å². The van der Waals surface area contributed by atoms with Crippen LogP contribution in [0.15, 0.2) is 0 Å². The third kappa shape index (κ3) is 3.41. The van der Waals surface area contributed by atoms with Crippen molar-refractivity contribution in [3.8, 4) is 0 Å². The number of carboxylic acid groups (broad SMARTS) is 1. The number of amides is 1. The van der Waals surface area contributed by atoms with Gasteiger partial charge >= 0.3 is 5.97 Å². The van der Waals surface area contributed by atoms with Gasteiger partial charge in [-0.1, -0.05) is 19.8 Å². The highest BCUT2D eigenvalue weighted by molar-refractivity contribution is 5.87. The number of carbonyl (C=O) groups excluding carboxylic acids is 1. The molecule has 3 atom stereocenters. The summed E-state index contributed by atoms with van der Waals surface area (Å²) in [5.41, 5.74) is 5.73. The summed E-state index contributed by atoms with van der Waals surface area (Å²) in [7, 11) is 0. The summed E-state index contributed by atoms with van der Waals surface area (Å²) >= 11 is 0. The van der Waals surface area contributed by atoms with Gasteiger partial charge < -0.3 is 20.8 Å². The standard InChI is InChI=1S/C11H20N2O4/c1-2-3-4-8(12)10(15)13-6-7(14)5-9(13)11(16)17/h7-9,14H,2-6,12H2,1H3,(H,16,17)/t7-,8+,9+/m1/s1. The molecule has 1 aliphatic rings. The molecule has 0 unspecified atom stereocenters. The summed E-state index contributed by atoms with van der Waals surface area (Å²) in [4.78, 5) is 24.1. The molecular formula is C11H20N2O4. The van der Waals surface area contributed by atoms with Crippen molar-refractivity contribution in [3.63, 3.8) is 0 Å². The maximum absolute atomic E-state index is 11.9. The van der Waals surface area contributed by atoms with Crippen LogP contribution in [0.4, 0.5) is 0 Å². The van der Waals surface area contributed by atoms with E-state index < -0.39 is 24.2 Å². The van der Waals surface area contributed by atoms with Gasteiger partial charge in [-0.25, -0.2) is 4.79 Å². The fraction of sp³-hybridized carbons (Fsp3) is 0.818. The number of carboxylic acids is 1. The first-order chi connectivity index (χ1) is 7.97. The molecule has 0 bridgehead atoms. The molecule has 17 heavy (non-hydrogen) atoms. The zero-order valence-corrected chi connectivity index (χ0v) is 10.0. The lowest BCUT2D eigenvalue weighted by Crippen LogP contribution is -2.48. The Balaban J connectivity index is 2.63. The number of rotatable bonds is 5. The second kappa shape index (κ2) is 5.97. The Morgan fingerprint density at radius 3 is 2.71 bits per heavy atom. The largest absolute Gasteiger partial charge is 0.480 e. The highest BCUT2D eigenvalue weighted by Gasteiger charge is 2.40. The summed E-state index contributed by atoms with van der Waals surface area (Å²) < 4.78 is 0. The number of hydrogen-bond donors (Lipinski definition) is 3. The summed E-state index contributed by atoms with van der Waals surface area (Å²) in [6, 6.07) is -1.60. The van der Waals surface area contributed by atoms with Crippen LogP contribution in [0, 0.1) is 0 Å². The Bertz CT molecular complexity index is 295. The predicted molar refractivity (Wildman–Crippen MR) is 61.3 cm³/mol. The van der Waals surface area contributed by atoms with Crippen molar-refractivity contribution in [1.82, 2.24) is 4.90 Å². The summed E-state index contributed by atoms with van der Waals surface area (Å²) in [5, 5.41) is 18.4. The van der Waals surface area contributed by atoms with Crippen LogP contribution in [-0.2, 0) is 9.59 Å². The van der Waals surface area contributed by atoms with Crippen LogP contribution in [0.1, 0.15) is 32.6 Å². The molecule has 6 nitrogen and oxygen atoms in total. The normalized spacial score (nSPS) is 25.9. The molecule has 1 aliphatic heterocycles. The van der Waals surface area contributed by atoms with Crippen LogP contribution in [-0.4, -0.2) is 51.7 Å². The molecule has 0 aliphatic carbocycles. The number of aliphatic hydroxyl groups excluding tert-OH is 1. The van der Waals surface area contributed by atoms with E-state index in [1.807, 2.05) is 6.92 Å². The number of hydrogen-bond acceptors (Lipinski definition) is 4. The molecule has 4 N–H and O–H groups in total. The Morgan fingerprint density at radius 1 is 1.53 bits per heavy atom. The number of unbranched alkanes of at least 4 members (excludes halogenated alkanes) is 1. The van der Waals surface area contributed by atoms with E-state index in [2.05, 4.69) is 0 Å². The Hall–Kier alpha value is -1.14. The number of aliphatic carboxylic acids is 1. The van der Waals surface area contributed by atoms with E-state index >= 15 is 0 Å². The zero-order chi connectivity index (χ0) is 13.0. The number of nitrogens with zero attached hydrogens (tertiary/aromatic N) is 1. The van der Waals surface area contributed by atoms with Gasteiger partial charge in [0.1, 0.15) is 6.04 Å². The molecule has 1 fully saturated rings. The molecule has 0 spiro atoms. The van der Waals surface area contributed by atoms with E-state index in [4.69, 9.17) is 10.8 Å². The molecule has 1 heterocycles. The smallest absolute Gasteiger partial charge is 0.326 e. The minimum atomic E-state index is -1.09. The molecule has 1 saturated heterocycles. The highest BCUT2D eigenvalue weighted by atomic mass is 16.4. The van der Waals surface area contributed by atoms with Gasteiger partial charge in [-0.15, -0.1) is 0 Å². The molecule has 0 radical (unpaired) electrons. The van der Waals surface area contributed by atoms with Gasteiger partial charge in [0, 0.05) is 13.0 Å². The summed E-state index contributed by atoms with van der Waals surface area (Å²) in [5.74, 6) is -1.46. The van der Waals surface area contributed by atoms with Crippen LogP contribution in [0.5, 0.6) is 0 Å². The van der Waals surface area contributed by atoms with Crippen LogP contribution < -0.4 is 5.73 Å². The number of β-amino-alcohol motifs (C(OH)–C–C–N with tert-alkyl or cyclic N) is 1. The molecular weight excluding hydrogens is 224 g/mol. The third-order valence-corrected chi connectivity index (χ3v) is 3.03. The first kappa shape index (κ1) is 13.9. The monoisotopic (exact) mass is 244 g/mol. The highest BCUT2D eigenvalue weighted by Crippen LogP contribution is 2.19. The Labute approximate surface area is 100 Å².